The summed E-state index contributed by atoms with van der Waals surface area (Å²) in [5, 5.41) is 3.15. The van der Waals surface area contributed by atoms with Gasteiger partial charge in [0.2, 0.25) is 5.94 Å². The SMILES string of the molecule is Cc1cc(C)c(/C=c2\[nH]/c(=C3/C=c4ccccc4=N3)cc2OCS(=O)(=O)O)[nH]1. The van der Waals surface area contributed by atoms with Gasteiger partial charge in [-0.05, 0) is 43.7 Å². The van der Waals surface area contributed by atoms with Gasteiger partial charge in [-0.25, -0.2) is 4.99 Å². The number of ether oxygens (including phenoxy) is 1. The molecule has 3 N–H and O–H groups in total. The first kappa shape index (κ1) is 18.3. The van der Waals surface area contributed by atoms with Gasteiger partial charge in [-0.15, -0.1) is 0 Å². The van der Waals surface area contributed by atoms with Crippen LogP contribution in [0.4, 0.5) is 0 Å². The van der Waals surface area contributed by atoms with E-state index < -0.39 is 16.1 Å². The fraction of sp³-hybridized carbons (Fsp3) is 0.150. The molecule has 144 valence electrons. The molecule has 0 amide bonds. The third-order valence-corrected chi connectivity index (χ3v) is 4.81. The molecule has 0 atom stereocenters. The molecular formula is C20H19N3O4S. The minimum Gasteiger partial charge on any atom is -0.473 e. The van der Waals surface area contributed by atoms with Gasteiger partial charge >= 0.3 is 10.1 Å². The quantitative estimate of drug-likeness (QED) is 0.548. The molecule has 3 aromatic rings. The maximum atomic E-state index is 11.1. The maximum absolute atomic E-state index is 11.1. The second-order valence-electron chi connectivity index (χ2n) is 6.70. The minimum atomic E-state index is -4.27. The highest BCUT2D eigenvalue weighted by Gasteiger charge is 2.11. The van der Waals surface area contributed by atoms with Gasteiger partial charge in [0.15, 0.2) is 0 Å². The second kappa shape index (κ2) is 6.81. The highest BCUT2D eigenvalue weighted by Crippen LogP contribution is 2.11. The Hall–Kier alpha value is -3.10. The molecule has 0 bridgehead atoms. The van der Waals surface area contributed by atoms with Gasteiger partial charge in [-0.1, -0.05) is 18.2 Å². The van der Waals surface area contributed by atoms with Crippen molar-refractivity contribution < 1.29 is 17.7 Å². The zero-order chi connectivity index (χ0) is 19.9. The Morgan fingerprint density at radius 1 is 1.18 bits per heavy atom. The summed E-state index contributed by atoms with van der Waals surface area (Å²) in [6.07, 6.45) is 3.79. The molecular weight excluding hydrogens is 378 g/mol. The molecule has 0 saturated carbocycles. The van der Waals surface area contributed by atoms with Crippen LogP contribution in [0.25, 0.3) is 17.8 Å². The molecule has 2 aromatic heterocycles. The summed E-state index contributed by atoms with van der Waals surface area (Å²) >= 11 is 0. The Bertz CT molecular complexity index is 1380. The highest BCUT2D eigenvalue weighted by atomic mass is 32.2. The molecule has 0 radical (unpaired) electrons. The first-order valence-electron chi connectivity index (χ1n) is 8.63. The third-order valence-electron chi connectivity index (χ3n) is 4.40. The molecule has 0 aliphatic carbocycles. The van der Waals surface area contributed by atoms with Gasteiger partial charge in [0.1, 0.15) is 5.75 Å². The predicted octanol–water partition coefficient (Wildman–Crippen LogP) is 0.235. The molecule has 0 saturated heterocycles. The lowest BCUT2D eigenvalue weighted by molar-refractivity contribution is 0.351. The fourth-order valence-electron chi connectivity index (χ4n) is 3.16. The van der Waals surface area contributed by atoms with E-state index >= 15 is 0 Å². The molecule has 4 rings (SSSR count). The van der Waals surface area contributed by atoms with Crippen molar-refractivity contribution in [3.63, 3.8) is 0 Å². The number of hydrogen-bond donors (Lipinski definition) is 3. The maximum Gasteiger partial charge on any atom is 0.300 e. The van der Waals surface area contributed by atoms with E-state index in [4.69, 9.17) is 9.29 Å². The second-order valence-corrected chi connectivity index (χ2v) is 8.10. The molecule has 0 fully saturated rings. The van der Waals surface area contributed by atoms with Crippen molar-refractivity contribution in [1.82, 2.24) is 9.97 Å². The van der Waals surface area contributed by atoms with Crippen molar-refractivity contribution in [3.05, 3.63) is 74.6 Å². The number of nitrogens with zero attached hydrogens (tertiary/aromatic N) is 1. The summed E-state index contributed by atoms with van der Waals surface area (Å²) < 4.78 is 36.6. The minimum absolute atomic E-state index is 0.311. The molecule has 1 aliphatic rings. The van der Waals surface area contributed by atoms with Crippen molar-refractivity contribution >= 4 is 28.0 Å². The summed E-state index contributed by atoms with van der Waals surface area (Å²) in [6, 6.07) is 11.5. The Morgan fingerprint density at radius 3 is 2.64 bits per heavy atom. The van der Waals surface area contributed by atoms with E-state index in [1.165, 1.54) is 0 Å². The smallest absolute Gasteiger partial charge is 0.300 e. The largest absolute Gasteiger partial charge is 0.473 e. The lowest BCUT2D eigenvalue weighted by atomic mass is 10.2. The number of aryl methyl sites for hydroxylation is 2. The first-order chi connectivity index (χ1) is 13.3. The number of aromatic amines is 2. The van der Waals surface area contributed by atoms with Gasteiger partial charge in [-0.2, -0.15) is 8.42 Å². The normalized spacial score (nSPS) is 15.9. The Morgan fingerprint density at radius 2 is 1.96 bits per heavy atom. The first-order valence-corrected chi connectivity index (χ1v) is 10.2. The molecule has 8 heteroatoms. The van der Waals surface area contributed by atoms with Gasteiger partial charge in [0, 0.05) is 22.7 Å². The Kier molecular flexibility index (Phi) is 4.44. The van der Waals surface area contributed by atoms with Crippen LogP contribution in [0.1, 0.15) is 17.0 Å². The summed E-state index contributed by atoms with van der Waals surface area (Å²) in [5.41, 5.74) is 3.66. The van der Waals surface area contributed by atoms with Crippen LogP contribution in [0.15, 0.2) is 41.4 Å². The lowest BCUT2D eigenvalue weighted by Gasteiger charge is -2.00. The average molecular weight is 397 g/mol. The van der Waals surface area contributed by atoms with Crippen molar-refractivity contribution in [3.8, 4) is 5.75 Å². The van der Waals surface area contributed by atoms with E-state index in [2.05, 4.69) is 15.0 Å². The van der Waals surface area contributed by atoms with Crippen molar-refractivity contribution in [2.24, 2.45) is 4.99 Å². The Labute approximate surface area is 161 Å². The average Bonchev–Trinajstić information content (AvgIpc) is 3.29. The summed E-state index contributed by atoms with van der Waals surface area (Å²) in [5.74, 6) is -0.518. The van der Waals surface area contributed by atoms with Gasteiger partial charge in [0.25, 0.3) is 0 Å². The molecule has 1 aromatic carbocycles. The highest BCUT2D eigenvalue weighted by molar-refractivity contribution is 7.85. The van der Waals surface area contributed by atoms with E-state index in [0.29, 0.717) is 16.4 Å². The standard InChI is InChI=1S/C20H19N3O4S/c1-12-7-13(2)21-16(12)9-19-20(27-11-28(24,25)26)10-18(23-19)17-8-14-5-3-4-6-15(14)22-17/h3-10,21,23H,11H2,1-2H3,(H,24,25,26)/b18-17-,19-9-. The van der Waals surface area contributed by atoms with Crippen LogP contribution in [-0.4, -0.2) is 28.9 Å². The van der Waals surface area contributed by atoms with Crippen LogP contribution in [0.5, 0.6) is 5.75 Å². The summed E-state index contributed by atoms with van der Waals surface area (Å²) in [4.78, 5) is 11.1. The molecule has 3 heterocycles. The molecule has 1 aliphatic heterocycles. The molecule has 0 unspecified atom stereocenters. The number of benzene rings is 1. The topological polar surface area (TPSA) is 108 Å². The molecule has 28 heavy (non-hydrogen) atoms. The fourth-order valence-corrected chi connectivity index (χ4v) is 3.43. The third kappa shape index (κ3) is 3.78. The number of fused-ring (bicyclic) bond motifs is 1. The van der Waals surface area contributed by atoms with E-state index in [0.717, 1.165) is 33.2 Å². The van der Waals surface area contributed by atoms with Crippen molar-refractivity contribution in [2.45, 2.75) is 13.8 Å². The lowest BCUT2D eigenvalue weighted by Crippen LogP contribution is -2.19. The van der Waals surface area contributed by atoms with E-state index in [1.54, 1.807) is 6.07 Å². The van der Waals surface area contributed by atoms with Crippen LogP contribution < -0.4 is 26.0 Å². The monoisotopic (exact) mass is 397 g/mol. The zero-order valence-corrected chi connectivity index (χ0v) is 16.2. The number of aromatic nitrogens is 2. The summed E-state index contributed by atoms with van der Waals surface area (Å²) in [7, 11) is -4.27. The van der Waals surface area contributed by atoms with E-state index in [1.807, 2.05) is 56.3 Å². The number of H-pyrrole nitrogens is 2. The van der Waals surface area contributed by atoms with Gasteiger partial charge in [0.05, 0.1) is 21.8 Å². The number of rotatable bonds is 4. The molecule has 0 spiro atoms. The van der Waals surface area contributed by atoms with Gasteiger partial charge in [-0.3, -0.25) is 4.55 Å². The van der Waals surface area contributed by atoms with Gasteiger partial charge < -0.3 is 14.7 Å². The van der Waals surface area contributed by atoms with Crippen LogP contribution in [0, 0.1) is 13.8 Å². The number of nitrogens with one attached hydrogen (secondary N) is 2. The van der Waals surface area contributed by atoms with Crippen LogP contribution in [0.3, 0.4) is 0 Å². The number of hydrogen-bond acceptors (Lipinski definition) is 4. The predicted molar refractivity (Wildman–Crippen MR) is 106 cm³/mol. The zero-order valence-electron chi connectivity index (χ0n) is 15.4. The van der Waals surface area contributed by atoms with Crippen LogP contribution in [0.2, 0.25) is 0 Å². The van der Waals surface area contributed by atoms with Crippen LogP contribution >= 0.6 is 0 Å². The van der Waals surface area contributed by atoms with E-state index in [-0.39, 0.29) is 0 Å². The molecule has 7 nitrogen and oxygen atoms in total. The van der Waals surface area contributed by atoms with Crippen molar-refractivity contribution in [1.29, 1.82) is 0 Å². The Balaban J connectivity index is 1.89. The van der Waals surface area contributed by atoms with Crippen LogP contribution in [-0.2, 0) is 10.1 Å². The summed E-state index contributed by atoms with van der Waals surface area (Å²) in [6.45, 7) is 3.93. The number of para-hydroxylation sites is 1. The van der Waals surface area contributed by atoms with E-state index in [9.17, 15) is 8.42 Å². The van der Waals surface area contributed by atoms with Crippen molar-refractivity contribution in [2.75, 3.05) is 5.94 Å².